The maximum atomic E-state index is 12.5. The fraction of sp³-hybridized carbons (Fsp3) is 0.350. The van der Waals surface area contributed by atoms with E-state index in [1.165, 1.54) is 0 Å². The minimum Gasteiger partial charge on any atom is -0.496 e. The first-order valence-electron chi connectivity index (χ1n) is 8.59. The van der Waals surface area contributed by atoms with Crippen LogP contribution in [0, 0.1) is 6.92 Å². The molecule has 1 aliphatic heterocycles. The van der Waals surface area contributed by atoms with Gasteiger partial charge in [-0.15, -0.1) is 0 Å². The Morgan fingerprint density at radius 2 is 1.88 bits per heavy atom. The summed E-state index contributed by atoms with van der Waals surface area (Å²) in [5.41, 5.74) is 2.84. The lowest BCUT2D eigenvalue weighted by Gasteiger charge is -2.22. The zero-order valence-electron chi connectivity index (χ0n) is 15.5. The van der Waals surface area contributed by atoms with Gasteiger partial charge in [-0.1, -0.05) is 17.7 Å². The Bertz CT molecular complexity index is 806. The second-order valence-electron chi connectivity index (χ2n) is 6.41. The van der Waals surface area contributed by atoms with Crippen molar-refractivity contribution in [2.24, 2.45) is 0 Å². The van der Waals surface area contributed by atoms with E-state index in [-0.39, 0.29) is 24.8 Å². The van der Waals surface area contributed by atoms with E-state index in [4.69, 9.17) is 14.2 Å². The molecule has 6 heteroatoms. The highest BCUT2D eigenvalue weighted by atomic mass is 16.7. The summed E-state index contributed by atoms with van der Waals surface area (Å²) in [6, 6.07) is 10.9. The van der Waals surface area contributed by atoms with Crippen LogP contribution in [0.3, 0.4) is 0 Å². The van der Waals surface area contributed by atoms with Crippen molar-refractivity contribution in [3.05, 3.63) is 47.5 Å². The van der Waals surface area contributed by atoms with Gasteiger partial charge in [-0.2, -0.15) is 0 Å². The third-order valence-corrected chi connectivity index (χ3v) is 4.39. The Morgan fingerprint density at radius 3 is 2.65 bits per heavy atom. The summed E-state index contributed by atoms with van der Waals surface area (Å²) in [5.74, 6) is 2.01. The second kappa shape index (κ2) is 7.66. The van der Waals surface area contributed by atoms with Crippen molar-refractivity contribution in [2.75, 3.05) is 19.2 Å². The SMILES string of the molecule is COc1ccc(C)cc1C(C)NC(C)C(=O)Nc1ccc2c(c1)OCO2. The summed E-state index contributed by atoms with van der Waals surface area (Å²) in [5, 5.41) is 6.22. The van der Waals surface area contributed by atoms with Crippen molar-refractivity contribution in [3.8, 4) is 17.2 Å². The van der Waals surface area contributed by atoms with Crippen molar-refractivity contribution < 1.29 is 19.0 Å². The molecule has 138 valence electrons. The molecule has 0 saturated carbocycles. The Kier molecular flexibility index (Phi) is 5.32. The van der Waals surface area contributed by atoms with Crippen LogP contribution in [0.4, 0.5) is 5.69 Å². The van der Waals surface area contributed by atoms with Gasteiger partial charge >= 0.3 is 0 Å². The third-order valence-electron chi connectivity index (χ3n) is 4.39. The van der Waals surface area contributed by atoms with Gasteiger partial charge < -0.3 is 19.5 Å². The highest BCUT2D eigenvalue weighted by Gasteiger charge is 2.20. The Balaban J connectivity index is 1.64. The van der Waals surface area contributed by atoms with Crippen LogP contribution in [-0.4, -0.2) is 25.9 Å². The lowest BCUT2D eigenvalue weighted by molar-refractivity contribution is -0.117. The van der Waals surface area contributed by atoms with Gasteiger partial charge in [0.1, 0.15) is 5.75 Å². The van der Waals surface area contributed by atoms with Crippen LogP contribution in [-0.2, 0) is 4.79 Å². The number of carbonyl (C=O) groups excluding carboxylic acids is 1. The molecule has 2 unspecified atom stereocenters. The number of hydrogen-bond donors (Lipinski definition) is 2. The summed E-state index contributed by atoms with van der Waals surface area (Å²) in [6.45, 7) is 6.09. The molecule has 6 nitrogen and oxygen atoms in total. The number of hydrogen-bond acceptors (Lipinski definition) is 5. The molecule has 1 amide bonds. The summed E-state index contributed by atoms with van der Waals surface area (Å²) >= 11 is 0. The first kappa shape index (κ1) is 18.1. The number of fused-ring (bicyclic) bond motifs is 1. The molecule has 1 aliphatic rings. The highest BCUT2D eigenvalue weighted by Crippen LogP contribution is 2.34. The van der Waals surface area contributed by atoms with Crippen LogP contribution in [0.25, 0.3) is 0 Å². The van der Waals surface area contributed by atoms with Gasteiger partial charge in [0.05, 0.1) is 13.2 Å². The Hall–Kier alpha value is -2.73. The number of aryl methyl sites for hydroxylation is 1. The molecule has 3 rings (SSSR count). The monoisotopic (exact) mass is 356 g/mol. The van der Waals surface area contributed by atoms with Gasteiger partial charge in [0.15, 0.2) is 11.5 Å². The smallest absolute Gasteiger partial charge is 0.241 e. The topological polar surface area (TPSA) is 68.8 Å². The largest absolute Gasteiger partial charge is 0.496 e. The molecule has 0 aromatic heterocycles. The summed E-state index contributed by atoms with van der Waals surface area (Å²) < 4.78 is 16.1. The number of carbonyl (C=O) groups is 1. The van der Waals surface area contributed by atoms with E-state index >= 15 is 0 Å². The molecule has 2 aromatic rings. The van der Waals surface area contributed by atoms with Gasteiger partial charge in [0.2, 0.25) is 12.7 Å². The summed E-state index contributed by atoms with van der Waals surface area (Å²) in [4.78, 5) is 12.5. The van der Waals surface area contributed by atoms with Crippen LogP contribution < -0.4 is 24.8 Å². The zero-order chi connectivity index (χ0) is 18.7. The number of amides is 1. The van der Waals surface area contributed by atoms with Crippen molar-refractivity contribution in [1.82, 2.24) is 5.32 Å². The molecule has 2 atom stereocenters. The summed E-state index contributed by atoms with van der Waals surface area (Å²) in [6.07, 6.45) is 0. The first-order valence-corrected chi connectivity index (χ1v) is 8.59. The number of ether oxygens (including phenoxy) is 3. The van der Waals surface area contributed by atoms with E-state index < -0.39 is 0 Å². The third kappa shape index (κ3) is 3.91. The molecule has 0 fully saturated rings. The van der Waals surface area contributed by atoms with E-state index in [0.717, 1.165) is 16.9 Å². The normalized spacial score (nSPS) is 14.6. The Morgan fingerprint density at radius 1 is 1.12 bits per heavy atom. The average Bonchev–Trinajstić information content (AvgIpc) is 3.09. The number of nitrogens with one attached hydrogen (secondary N) is 2. The van der Waals surface area contributed by atoms with Gasteiger partial charge in [0, 0.05) is 23.4 Å². The second-order valence-corrected chi connectivity index (χ2v) is 6.41. The van der Waals surface area contributed by atoms with E-state index in [1.807, 2.05) is 32.9 Å². The molecule has 2 N–H and O–H groups in total. The van der Waals surface area contributed by atoms with Crippen molar-refractivity contribution in [2.45, 2.75) is 32.9 Å². The van der Waals surface area contributed by atoms with Crippen LogP contribution in [0.1, 0.15) is 31.0 Å². The molecule has 0 aliphatic carbocycles. The maximum absolute atomic E-state index is 12.5. The standard InChI is InChI=1S/C20H24N2O4/c1-12-5-7-17(24-4)16(9-12)13(2)21-14(3)20(23)22-15-6-8-18-19(10-15)26-11-25-18/h5-10,13-14,21H,11H2,1-4H3,(H,22,23). The molecular formula is C20H24N2O4. The molecule has 0 spiro atoms. The van der Waals surface area contributed by atoms with Crippen molar-refractivity contribution >= 4 is 11.6 Å². The van der Waals surface area contributed by atoms with E-state index in [2.05, 4.69) is 16.7 Å². The molecule has 1 heterocycles. The predicted octanol–water partition coefficient (Wildman–Crippen LogP) is 3.41. The molecule has 0 saturated heterocycles. The first-order chi connectivity index (χ1) is 12.5. The average molecular weight is 356 g/mol. The quantitative estimate of drug-likeness (QED) is 0.830. The van der Waals surface area contributed by atoms with E-state index in [9.17, 15) is 4.79 Å². The Labute approximate surface area is 153 Å². The van der Waals surface area contributed by atoms with Crippen molar-refractivity contribution in [3.63, 3.8) is 0 Å². The number of anilines is 1. The minimum absolute atomic E-state index is 0.0395. The molecule has 2 aromatic carbocycles. The van der Waals surface area contributed by atoms with Crippen LogP contribution in [0.2, 0.25) is 0 Å². The molecule has 0 bridgehead atoms. The zero-order valence-corrected chi connectivity index (χ0v) is 15.5. The fourth-order valence-corrected chi connectivity index (χ4v) is 2.96. The van der Waals surface area contributed by atoms with Gasteiger partial charge in [-0.3, -0.25) is 10.1 Å². The number of benzene rings is 2. The van der Waals surface area contributed by atoms with Crippen LogP contribution in [0.5, 0.6) is 17.2 Å². The molecule has 0 radical (unpaired) electrons. The lowest BCUT2D eigenvalue weighted by atomic mass is 10.0. The lowest BCUT2D eigenvalue weighted by Crippen LogP contribution is -2.39. The van der Waals surface area contributed by atoms with E-state index in [0.29, 0.717) is 17.2 Å². The van der Waals surface area contributed by atoms with Gasteiger partial charge in [-0.25, -0.2) is 0 Å². The highest BCUT2D eigenvalue weighted by molar-refractivity contribution is 5.94. The van der Waals surface area contributed by atoms with Crippen molar-refractivity contribution in [1.29, 1.82) is 0 Å². The minimum atomic E-state index is -0.388. The summed E-state index contributed by atoms with van der Waals surface area (Å²) in [7, 11) is 1.65. The predicted molar refractivity (Wildman–Crippen MR) is 99.9 cm³/mol. The number of methoxy groups -OCH3 is 1. The van der Waals surface area contributed by atoms with Crippen LogP contribution >= 0.6 is 0 Å². The van der Waals surface area contributed by atoms with Gasteiger partial charge in [-0.05, 0) is 39.0 Å². The molecule has 26 heavy (non-hydrogen) atoms. The van der Waals surface area contributed by atoms with E-state index in [1.54, 1.807) is 25.3 Å². The van der Waals surface area contributed by atoms with Gasteiger partial charge in [0.25, 0.3) is 0 Å². The maximum Gasteiger partial charge on any atom is 0.241 e. The molecular weight excluding hydrogens is 332 g/mol. The fourth-order valence-electron chi connectivity index (χ4n) is 2.96. The van der Waals surface area contributed by atoms with Crippen LogP contribution in [0.15, 0.2) is 36.4 Å². The number of rotatable bonds is 6.